The molecule has 1 N–H and O–H groups in total. The van der Waals surface area contributed by atoms with Gasteiger partial charge in [-0.1, -0.05) is 44.2 Å². The largest absolute Gasteiger partial charge is 0.349 e. The first kappa shape index (κ1) is 24.1. The van der Waals surface area contributed by atoms with E-state index in [4.69, 9.17) is 0 Å². The monoisotopic (exact) mass is 462 g/mol. The molecule has 7 nitrogen and oxygen atoms in total. The number of imide groups is 1. The average molecular weight is 463 g/mol. The van der Waals surface area contributed by atoms with E-state index >= 15 is 0 Å². The van der Waals surface area contributed by atoms with E-state index in [0.29, 0.717) is 12.1 Å². The number of carbonyl (C=O) groups excluding carboxylic acids is 3. The lowest BCUT2D eigenvalue weighted by Gasteiger charge is -2.38. The highest BCUT2D eigenvalue weighted by Crippen LogP contribution is 2.42. The Morgan fingerprint density at radius 3 is 2.29 bits per heavy atom. The quantitative estimate of drug-likeness (QED) is 0.638. The molecule has 1 aromatic carbocycles. The summed E-state index contributed by atoms with van der Waals surface area (Å²) < 4.78 is 0. The standard InChI is InChI=1S/C27H34N4O3/c1-20(2)24(32)29-23(21-6-4-3-5-7-21)10-16-30-17-11-27(12-18-30)13-19-31(26(27)34)25(33)22-8-14-28-15-9-22/h3-9,14-15,20,23H,10-13,16-19H2,1-2H3,(H,29,32)/t23-/m0/s1. The van der Waals surface area contributed by atoms with Crippen LogP contribution in [-0.2, 0) is 9.59 Å². The lowest BCUT2D eigenvalue weighted by molar-refractivity contribution is -0.136. The van der Waals surface area contributed by atoms with Crippen LogP contribution in [-0.4, -0.2) is 58.7 Å². The highest BCUT2D eigenvalue weighted by Gasteiger charge is 2.49. The van der Waals surface area contributed by atoms with Crippen LogP contribution >= 0.6 is 0 Å². The third-order valence-electron chi connectivity index (χ3n) is 7.28. The molecule has 0 unspecified atom stereocenters. The van der Waals surface area contributed by atoms with Crippen LogP contribution in [0.4, 0.5) is 0 Å². The van der Waals surface area contributed by atoms with Crippen molar-refractivity contribution in [2.75, 3.05) is 26.2 Å². The molecule has 0 saturated carbocycles. The van der Waals surface area contributed by atoms with Crippen LogP contribution in [0.25, 0.3) is 0 Å². The second kappa shape index (κ2) is 10.5. The minimum atomic E-state index is -0.427. The maximum absolute atomic E-state index is 13.3. The number of rotatable bonds is 7. The van der Waals surface area contributed by atoms with Crippen molar-refractivity contribution in [1.29, 1.82) is 0 Å². The molecule has 7 heteroatoms. The van der Waals surface area contributed by atoms with Crippen molar-refractivity contribution in [2.45, 2.75) is 45.6 Å². The van der Waals surface area contributed by atoms with Gasteiger partial charge in [-0.25, -0.2) is 0 Å². The molecule has 2 aliphatic heterocycles. The summed E-state index contributed by atoms with van der Waals surface area (Å²) in [5, 5.41) is 3.19. The van der Waals surface area contributed by atoms with Gasteiger partial charge in [-0.05, 0) is 56.5 Å². The molecular formula is C27H34N4O3. The van der Waals surface area contributed by atoms with Gasteiger partial charge in [0.15, 0.2) is 0 Å². The van der Waals surface area contributed by atoms with Gasteiger partial charge < -0.3 is 10.2 Å². The third kappa shape index (κ3) is 5.20. The number of aromatic nitrogens is 1. The fourth-order valence-corrected chi connectivity index (χ4v) is 4.99. The lowest BCUT2D eigenvalue weighted by Crippen LogP contribution is -2.46. The van der Waals surface area contributed by atoms with Crippen molar-refractivity contribution in [2.24, 2.45) is 11.3 Å². The normalized spacial score (nSPS) is 18.9. The number of hydrogen-bond donors (Lipinski definition) is 1. The molecule has 0 aliphatic carbocycles. The second-order valence-electron chi connectivity index (χ2n) is 9.79. The number of pyridine rings is 1. The molecule has 2 aliphatic rings. The maximum atomic E-state index is 13.3. The molecule has 2 saturated heterocycles. The summed E-state index contributed by atoms with van der Waals surface area (Å²) >= 11 is 0. The highest BCUT2D eigenvalue weighted by molar-refractivity contribution is 6.07. The SMILES string of the molecule is CC(C)C(=O)N[C@@H](CCN1CCC2(CC1)CCN(C(=O)c1ccncc1)C2=O)c1ccccc1. The Bertz CT molecular complexity index is 1000. The molecule has 1 atom stereocenters. The van der Waals surface area contributed by atoms with Gasteiger partial charge in [0.2, 0.25) is 11.8 Å². The van der Waals surface area contributed by atoms with Gasteiger partial charge in [-0.3, -0.25) is 24.3 Å². The minimum absolute atomic E-state index is 0.0275. The third-order valence-corrected chi connectivity index (χ3v) is 7.28. The van der Waals surface area contributed by atoms with Gasteiger partial charge in [0.25, 0.3) is 5.91 Å². The molecule has 3 amide bonds. The van der Waals surface area contributed by atoms with Gasteiger partial charge in [0, 0.05) is 37.0 Å². The Labute approximate surface area is 201 Å². The second-order valence-corrected chi connectivity index (χ2v) is 9.79. The molecule has 1 aromatic heterocycles. The molecule has 34 heavy (non-hydrogen) atoms. The van der Waals surface area contributed by atoms with E-state index < -0.39 is 5.41 Å². The summed E-state index contributed by atoms with van der Waals surface area (Å²) in [4.78, 5) is 46.2. The van der Waals surface area contributed by atoms with Crippen LogP contribution < -0.4 is 5.32 Å². The molecule has 0 radical (unpaired) electrons. The Hall–Kier alpha value is -3.06. The van der Waals surface area contributed by atoms with Crippen molar-refractivity contribution in [1.82, 2.24) is 20.1 Å². The first-order chi connectivity index (χ1) is 16.4. The van der Waals surface area contributed by atoms with E-state index in [1.165, 1.54) is 4.90 Å². The number of nitrogens with one attached hydrogen (secondary N) is 1. The summed E-state index contributed by atoms with van der Waals surface area (Å²) in [7, 11) is 0. The molecule has 180 valence electrons. The first-order valence-electron chi connectivity index (χ1n) is 12.2. The highest BCUT2D eigenvalue weighted by atomic mass is 16.2. The molecule has 4 rings (SSSR count). The molecule has 1 spiro atoms. The van der Waals surface area contributed by atoms with Crippen LogP contribution in [0.5, 0.6) is 0 Å². The fraction of sp³-hybridized carbons (Fsp3) is 0.481. The zero-order valence-electron chi connectivity index (χ0n) is 20.1. The predicted molar refractivity (Wildman–Crippen MR) is 130 cm³/mol. The van der Waals surface area contributed by atoms with Crippen LogP contribution in [0.3, 0.4) is 0 Å². The van der Waals surface area contributed by atoms with Gasteiger partial charge in [0.05, 0.1) is 11.5 Å². The zero-order valence-corrected chi connectivity index (χ0v) is 20.1. The van der Waals surface area contributed by atoms with E-state index in [2.05, 4.69) is 27.3 Å². The minimum Gasteiger partial charge on any atom is -0.349 e. The van der Waals surface area contributed by atoms with E-state index in [1.807, 2.05) is 32.0 Å². The topological polar surface area (TPSA) is 82.6 Å². The van der Waals surface area contributed by atoms with E-state index in [0.717, 1.165) is 50.9 Å². The molecule has 0 bridgehead atoms. The van der Waals surface area contributed by atoms with Gasteiger partial charge >= 0.3 is 0 Å². The van der Waals surface area contributed by atoms with Gasteiger partial charge in [0.1, 0.15) is 0 Å². The lowest BCUT2D eigenvalue weighted by atomic mass is 9.77. The van der Waals surface area contributed by atoms with Crippen molar-refractivity contribution in [3.8, 4) is 0 Å². The average Bonchev–Trinajstić information content (AvgIpc) is 3.18. The molecule has 2 aromatic rings. The van der Waals surface area contributed by atoms with Crippen molar-refractivity contribution in [3.05, 3.63) is 66.0 Å². The number of piperidine rings is 1. The number of benzene rings is 1. The van der Waals surface area contributed by atoms with E-state index in [9.17, 15) is 14.4 Å². The number of hydrogen-bond acceptors (Lipinski definition) is 5. The molecule has 3 heterocycles. The van der Waals surface area contributed by atoms with Crippen LogP contribution in [0.1, 0.15) is 61.5 Å². The Morgan fingerprint density at radius 1 is 1.00 bits per heavy atom. The summed E-state index contributed by atoms with van der Waals surface area (Å²) in [5.74, 6) is -0.257. The number of amides is 3. The number of likely N-dealkylation sites (tertiary alicyclic amines) is 2. The first-order valence-corrected chi connectivity index (χ1v) is 12.2. The van der Waals surface area contributed by atoms with E-state index in [1.54, 1.807) is 24.5 Å². The molecule has 2 fully saturated rings. The number of nitrogens with zero attached hydrogens (tertiary/aromatic N) is 3. The van der Waals surface area contributed by atoms with Crippen LogP contribution in [0.2, 0.25) is 0 Å². The van der Waals surface area contributed by atoms with Crippen molar-refractivity contribution >= 4 is 17.7 Å². The summed E-state index contributed by atoms with van der Waals surface area (Å²) in [5.41, 5.74) is 1.19. The summed E-state index contributed by atoms with van der Waals surface area (Å²) in [6.07, 6.45) is 6.23. The maximum Gasteiger partial charge on any atom is 0.260 e. The van der Waals surface area contributed by atoms with Crippen molar-refractivity contribution in [3.63, 3.8) is 0 Å². The Morgan fingerprint density at radius 2 is 1.65 bits per heavy atom. The summed E-state index contributed by atoms with van der Waals surface area (Å²) in [6.45, 7) is 6.79. The zero-order chi connectivity index (χ0) is 24.1. The van der Waals surface area contributed by atoms with E-state index in [-0.39, 0.29) is 29.7 Å². The van der Waals surface area contributed by atoms with Crippen LogP contribution in [0, 0.1) is 11.3 Å². The fourth-order valence-electron chi connectivity index (χ4n) is 4.99. The summed E-state index contributed by atoms with van der Waals surface area (Å²) in [6, 6.07) is 13.4. The smallest absolute Gasteiger partial charge is 0.260 e. The van der Waals surface area contributed by atoms with Crippen LogP contribution in [0.15, 0.2) is 54.9 Å². The Kier molecular flexibility index (Phi) is 7.41. The number of carbonyl (C=O) groups is 3. The Balaban J connectivity index is 1.34. The predicted octanol–water partition coefficient (Wildman–Crippen LogP) is 3.44. The van der Waals surface area contributed by atoms with Gasteiger partial charge in [-0.2, -0.15) is 0 Å². The van der Waals surface area contributed by atoms with Gasteiger partial charge in [-0.15, -0.1) is 0 Å². The van der Waals surface area contributed by atoms with Crippen molar-refractivity contribution < 1.29 is 14.4 Å². The molecular weight excluding hydrogens is 428 g/mol.